The molecule has 1 aliphatic rings. The molecule has 0 unspecified atom stereocenters. The van der Waals surface area contributed by atoms with Crippen molar-refractivity contribution in [2.24, 2.45) is 0 Å². The van der Waals surface area contributed by atoms with E-state index in [0.717, 1.165) is 25.7 Å². The molecule has 0 radical (unpaired) electrons. The van der Waals surface area contributed by atoms with Crippen LogP contribution in [-0.2, 0) is 14.8 Å². The molecule has 0 aliphatic carbocycles. The highest BCUT2D eigenvalue weighted by atomic mass is 32.2. The molecule has 1 aliphatic heterocycles. The van der Waals surface area contributed by atoms with Crippen LogP contribution in [0.4, 0.5) is 0 Å². The fourth-order valence-corrected chi connectivity index (χ4v) is 4.90. The molecule has 154 valence electrons. The Labute approximate surface area is 171 Å². The van der Waals surface area contributed by atoms with Gasteiger partial charge in [0.1, 0.15) is 0 Å². The summed E-state index contributed by atoms with van der Waals surface area (Å²) in [6.07, 6.45) is 2.73. The highest BCUT2D eigenvalue weighted by molar-refractivity contribution is 7.89. The van der Waals surface area contributed by atoms with Crippen LogP contribution in [0.5, 0.6) is 0 Å². The number of hydrogen-bond donors (Lipinski definition) is 0. The number of rotatable bonds is 6. The quantitative estimate of drug-likeness (QED) is 0.531. The zero-order valence-electron chi connectivity index (χ0n) is 16.4. The Hall–Kier alpha value is -2.51. The minimum absolute atomic E-state index is 0.0656. The molecule has 1 atom stereocenters. The number of hydrogen-bond acceptors (Lipinski definition) is 5. The van der Waals surface area contributed by atoms with Crippen LogP contribution in [0.2, 0.25) is 0 Å². The molecule has 0 bridgehead atoms. The van der Waals surface area contributed by atoms with Gasteiger partial charge in [-0.25, -0.2) is 13.2 Å². The Bertz CT molecular complexity index is 964. The van der Waals surface area contributed by atoms with Gasteiger partial charge in [0, 0.05) is 18.7 Å². The average Bonchev–Trinajstić information content (AvgIpc) is 3.04. The predicted octanol–water partition coefficient (Wildman–Crippen LogP) is 3.68. The molecule has 7 heteroatoms. The van der Waals surface area contributed by atoms with Gasteiger partial charge in [-0.3, -0.25) is 4.79 Å². The third kappa shape index (κ3) is 5.10. The van der Waals surface area contributed by atoms with E-state index in [-0.39, 0.29) is 16.2 Å². The smallest absolute Gasteiger partial charge is 0.338 e. The summed E-state index contributed by atoms with van der Waals surface area (Å²) in [6, 6.07) is 14.4. The number of carbonyl (C=O) groups excluding carboxylic acids is 2. The molecule has 1 saturated heterocycles. The first-order valence-corrected chi connectivity index (χ1v) is 11.2. The van der Waals surface area contributed by atoms with Crippen molar-refractivity contribution in [2.75, 3.05) is 13.1 Å². The largest absolute Gasteiger partial charge is 0.451 e. The topological polar surface area (TPSA) is 80.8 Å². The third-order valence-electron chi connectivity index (χ3n) is 4.98. The molecule has 3 rings (SSSR count). The maximum absolute atomic E-state index is 12.9. The van der Waals surface area contributed by atoms with Crippen molar-refractivity contribution in [3.8, 4) is 0 Å². The molecule has 0 N–H and O–H groups in total. The van der Waals surface area contributed by atoms with E-state index >= 15 is 0 Å². The summed E-state index contributed by atoms with van der Waals surface area (Å²) in [6.45, 7) is 2.48. The fraction of sp³-hybridized carbons (Fsp3) is 0.364. The number of Topliss-reactive ketones (excluding diaryl/α,β-unsaturated/α-hetero) is 1. The van der Waals surface area contributed by atoms with Crippen LogP contribution in [0.3, 0.4) is 0 Å². The Kier molecular flexibility index (Phi) is 6.82. The lowest BCUT2D eigenvalue weighted by atomic mass is 10.1. The standard InChI is InChI=1S/C22H25NO5S/c1-17(21(24)18-10-5-4-6-11-18)28-22(25)19-12-9-13-20(16-19)29(26,27)23-14-7-2-3-8-15-23/h4-6,9-13,16-17H,2-3,7-8,14-15H2,1H3/t17-/m0/s1. The summed E-state index contributed by atoms with van der Waals surface area (Å²) in [5.74, 6) is -1.04. The fourth-order valence-electron chi connectivity index (χ4n) is 3.33. The van der Waals surface area contributed by atoms with E-state index in [1.54, 1.807) is 30.3 Å². The normalized spacial score (nSPS) is 16.6. The zero-order chi connectivity index (χ0) is 20.9. The van der Waals surface area contributed by atoms with E-state index in [2.05, 4.69) is 0 Å². The Morgan fingerprint density at radius 3 is 2.17 bits per heavy atom. The van der Waals surface area contributed by atoms with Crippen LogP contribution in [0, 0.1) is 0 Å². The molecule has 1 heterocycles. The first kappa shape index (κ1) is 21.2. The molecular formula is C22H25NO5S. The van der Waals surface area contributed by atoms with Crippen molar-refractivity contribution < 1.29 is 22.7 Å². The third-order valence-corrected chi connectivity index (χ3v) is 6.88. The van der Waals surface area contributed by atoms with E-state index in [0.29, 0.717) is 18.7 Å². The van der Waals surface area contributed by atoms with Gasteiger partial charge in [-0.1, -0.05) is 49.2 Å². The van der Waals surface area contributed by atoms with Crippen molar-refractivity contribution >= 4 is 21.8 Å². The van der Waals surface area contributed by atoms with Crippen molar-refractivity contribution in [1.29, 1.82) is 0 Å². The lowest BCUT2D eigenvalue weighted by Gasteiger charge is -2.20. The van der Waals surface area contributed by atoms with Crippen molar-refractivity contribution in [2.45, 2.75) is 43.6 Å². The number of carbonyl (C=O) groups is 2. The summed E-state index contributed by atoms with van der Waals surface area (Å²) in [7, 11) is -3.67. The summed E-state index contributed by atoms with van der Waals surface area (Å²) in [5, 5.41) is 0. The zero-order valence-corrected chi connectivity index (χ0v) is 17.2. The van der Waals surface area contributed by atoms with E-state index in [9.17, 15) is 18.0 Å². The number of ketones is 1. The number of nitrogens with zero attached hydrogens (tertiary/aromatic N) is 1. The van der Waals surface area contributed by atoms with E-state index in [4.69, 9.17) is 4.74 Å². The van der Waals surface area contributed by atoms with Crippen molar-refractivity contribution in [3.63, 3.8) is 0 Å². The van der Waals surface area contributed by atoms with Crippen molar-refractivity contribution in [3.05, 3.63) is 65.7 Å². The number of benzene rings is 2. The predicted molar refractivity (Wildman–Crippen MR) is 109 cm³/mol. The second kappa shape index (κ2) is 9.33. The Balaban J connectivity index is 1.74. The lowest BCUT2D eigenvalue weighted by molar-refractivity contribution is 0.0318. The van der Waals surface area contributed by atoms with Gasteiger partial charge in [0.2, 0.25) is 15.8 Å². The molecule has 6 nitrogen and oxygen atoms in total. The second-order valence-corrected chi connectivity index (χ2v) is 9.06. The maximum Gasteiger partial charge on any atom is 0.338 e. The summed E-state index contributed by atoms with van der Waals surface area (Å²) in [4.78, 5) is 25.0. The first-order chi connectivity index (χ1) is 13.9. The van der Waals surface area contributed by atoms with E-state index < -0.39 is 22.1 Å². The lowest BCUT2D eigenvalue weighted by Crippen LogP contribution is -2.32. The van der Waals surface area contributed by atoms with Gasteiger partial charge < -0.3 is 4.74 Å². The van der Waals surface area contributed by atoms with E-state index in [1.807, 2.05) is 0 Å². The monoisotopic (exact) mass is 415 g/mol. The number of esters is 1. The molecule has 0 spiro atoms. The van der Waals surface area contributed by atoms with Gasteiger partial charge >= 0.3 is 5.97 Å². The molecular weight excluding hydrogens is 390 g/mol. The summed E-state index contributed by atoms with van der Waals surface area (Å²) < 4.78 is 32.7. The molecule has 0 amide bonds. The number of sulfonamides is 1. The molecule has 29 heavy (non-hydrogen) atoms. The van der Waals surface area contributed by atoms with Gasteiger partial charge in [-0.05, 0) is 38.0 Å². The van der Waals surface area contributed by atoms with Gasteiger partial charge in [-0.15, -0.1) is 0 Å². The van der Waals surface area contributed by atoms with E-state index in [1.165, 1.54) is 35.5 Å². The van der Waals surface area contributed by atoms with Gasteiger partial charge in [0.25, 0.3) is 0 Å². The van der Waals surface area contributed by atoms with Crippen LogP contribution < -0.4 is 0 Å². The minimum atomic E-state index is -3.67. The summed E-state index contributed by atoms with van der Waals surface area (Å²) in [5.41, 5.74) is 0.555. The van der Waals surface area contributed by atoms with Crippen LogP contribution in [0.15, 0.2) is 59.5 Å². The highest BCUT2D eigenvalue weighted by Gasteiger charge is 2.27. The second-order valence-electron chi connectivity index (χ2n) is 7.12. The van der Waals surface area contributed by atoms with Gasteiger partial charge in [-0.2, -0.15) is 4.31 Å². The molecule has 0 aromatic heterocycles. The van der Waals surface area contributed by atoms with Crippen LogP contribution in [0.25, 0.3) is 0 Å². The van der Waals surface area contributed by atoms with Crippen LogP contribution in [0.1, 0.15) is 53.3 Å². The SMILES string of the molecule is C[C@H](OC(=O)c1cccc(S(=O)(=O)N2CCCCCC2)c1)C(=O)c1ccccc1. The molecule has 0 saturated carbocycles. The first-order valence-electron chi connectivity index (χ1n) is 9.80. The molecule has 2 aromatic rings. The van der Waals surface area contributed by atoms with Gasteiger partial charge in [0.05, 0.1) is 10.5 Å². The molecule has 2 aromatic carbocycles. The van der Waals surface area contributed by atoms with Crippen LogP contribution >= 0.6 is 0 Å². The van der Waals surface area contributed by atoms with Crippen molar-refractivity contribution in [1.82, 2.24) is 4.31 Å². The van der Waals surface area contributed by atoms with Gasteiger partial charge in [0.15, 0.2) is 6.10 Å². The highest BCUT2D eigenvalue weighted by Crippen LogP contribution is 2.21. The Morgan fingerprint density at radius 2 is 1.52 bits per heavy atom. The minimum Gasteiger partial charge on any atom is -0.451 e. The number of ether oxygens (including phenoxy) is 1. The molecule has 1 fully saturated rings. The van der Waals surface area contributed by atoms with Crippen LogP contribution in [-0.4, -0.2) is 43.7 Å². The summed E-state index contributed by atoms with van der Waals surface area (Å²) >= 11 is 0. The average molecular weight is 416 g/mol. The Morgan fingerprint density at radius 1 is 0.897 bits per heavy atom. The maximum atomic E-state index is 12.9.